The normalized spacial score (nSPS) is 21.7. The van der Waals surface area contributed by atoms with Gasteiger partial charge >= 0.3 is 0 Å². The zero-order valence-corrected chi connectivity index (χ0v) is 12.2. The molecule has 6 nitrogen and oxygen atoms in total. The summed E-state index contributed by atoms with van der Waals surface area (Å²) in [6.07, 6.45) is 1.88. The number of hydrogen-bond donors (Lipinski definition) is 1. The van der Waals surface area contributed by atoms with E-state index in [0.29, 0.717) is 39.1 Å². The Morgan fingerprint density at radius 1 is 1.28 bits per heavy atom. The zero-order chi connectivity index (χ0) is 14.0. The topological polar surface area (TPSA) is 83.7 Å². The lowest BCUT2D eigenvalue weighted by molar-refractivity contribution is -0.142. The predicted octanol–water partition coefficient (Wildman–Crippen LogP) is -0.535. The van der Waals surface area contributed by atoms with Crippen LogP contribution in [0.15, 0.2) is 0 Å². The van der Waals surface area contributed by atoms with E-state index < -0.39 is 15.4 Å². The highest BCUT2D eigenvalue weighted by Crippen LogP contribution is 2.23. The van der Waals surface area contributed by atoms with E-state index in [0.717, 1.165) is 0 Å². The van der Waals surface area contributed by atoms with E-state index in [1.165, 1.54) is 10.6 Å². The van der Waals surface area contributed by atoms with E-state index >= 15 is 0 Å². The average Bonchev–Trinajstić information content (AvgIpc) is 2.36. The fraction of sp³-hybridized carbons (Fsp3) is 0.909. The second-order valence-electron chi connectivity index (χ2n) is 5.07. The molecule has 0 aromatic heterocycles. The highest BCUT2D eigenvalue weighted by molar-refractivity contribution is 7.88. The zero-order valence-electron chi connectivity index (χ0n) is 11.3. The molecule has 1 aliphatic heterocycles. The minimum Gasteiger partial charge on any atom is -0.340 e. The van der Waals surface area contributed by atoms with Crippen LogP contribution in [0, 0.1) is 5.41 Å². The van der Waals surface area contributed by atoms with Gasteiger partial charge in [-0.15, -0.1) is 0 Å². The largest absolute Gasteiger partial charge is 0.340 e. The standard InChI is InChI=1S/C11H23N3O3S/c1-4-11(2,9-12)10(15)13-5-7-14(8-6-13)18(3,16)17/h4-9,12H2,1-3H3. The molecule has 1 heterocycles. The van der Waals surface area contributed by atoms with Crippen molar-refractivity contribution in [2.24, 2.45) is 11.1 Å². The Kier molecular flexibility index (Phi) is 4.74. The molecule has 1 rings (SSSR count). The van der Waals surface area contributed by atoms with Crippen molar-refractivity contribution in [3.05, 3.63) is 0 Å². The maximum absolute atomic E-state index is 12.3. The molecule has 18 heavy (non-hydrogen) atoms. The molecule has 0 spiro atoms. The fourth-order valence-corrected chi connectivity index (χ4v) is 2.81. The van der Waals surface area contributed by atoms with Crippen LogP contribution in [-0.4, -0.2) is 62.5 Å². The summed E-state index contributed by atoms with van der Waals surface area (Å²) in [6, 6.07) is 0. The molecule has 106 valence electrons. The molecular formula is C11H23N3O3S. The molecule has 1 unspecified atom stereocenters. The van der Waals surface area contributed by atoms with Crippen molar-refractivity contribution in [2.45, 2.75) is 20.3 Å². The number of rotatable bonds is 4. The van der Waals surface area contributed by atoms with Crippen molar-refractivity contribution >= 4 is 15.9 Å². The van der Waals surface area contributed by atoms with Crippen LogP contribution in [0.1, 0.15) is 20.3 Å². The summed E-state index contributed by atoms with van der Waals surface area (Å²) >= 11 is 0. The van der Waals surface area contributed by atoms with E-state index in [1.54, 1.807) is 4.90 Å². The number of carbonyl (C=O) groups is 1. The van der Waals surface area contributed by atoms with Crippen LogP contribution in [0.2, 0.25) is 0 Å². The van der Waals surface area contributed by atoms with Crippen molar-refractivity contribution < 1.29 is 13.2 Å². The van der Waals surface area contributed by atoms with Gasteiger partial charge in [-0.1, -0.05) is 6.92 Å². The van der Waals surface area contributed by atoms with Crippen molar-refractivity contribution in [1.29, 1.82) is 0 Å². The SMILES string of the molecule is CCC(C)(CN)C(=O)N1CCN(S(C)(=O)=O)CC1. The molecule has 1 atom stereocenters. The first-order valence-corrected chi connectivity index (χ1v) is 8.04. The van der Waals surface area contributed by atoms with E-state index in [2.05, 4.69) is 0 Å². The van der Waals surface area contributed by atoms with Crippen LogP contribution >= 0.6 is 0 Å². The van der Waals surface area contributed by atoms with Gasteiger partial charge in [0.15, 0.2) is 0 Å². The maximum Gasteiger partial charge on any atom is 0.229 e. The minimum absolute atomic E-state index is 0.0284. The Morgan fingerprint density at radius 2 is 1.78 bits per heavy atom. The summed E-state index contributed by atoms with van der Waals surface area (Å²) in [6.45, 7) is 5.75. The third-order valence-corrected chi connectivity index (χ3v) is 5.05. The van der Waals surface area contributed by atoms with Crippen molar-refractivity contribution in [3.8, 4) is 0 Å². The van der Waals surface area contributed by atoms with Gasteiger partial charge in [-0.3, -0.25) is 4.79 Å². The minimum atomic E-state index is -3.15. The van der Waals surface area contributed by atoms with E-state index in [1.807, 2.05) is 13.8 Å². The number of sulfonamides is 1. The Bertz CT molecular complexity index is 396. The van der Waals surface area contributed by atoms with Gasteiger partial charge in [-0.2, -0.15) is 4.31 Å². The summed E-state index contributed by atoms with van der Waals surface area (Å²) in [5, 5.41) is 0. The van der Waals surface area contributed by atoms with Crippen LogP contribution in [0.4, 0.5) is 0 Å². The smallest absolute Gasteiger partial charge is 0.229 e. The van der Waals surface area contributed by atoms with Crippen molar-refractivity contribution in [1.82, 2.24) is 9.21 Å². The molecule has 1 saturated heterocycles. The number of carbonyl (C=O) groups excluding carboxylic acids is 1. The van der Waals surface area contributed by atoms with Gasteiger partial charge in [0.25, 0.3) is 0 Å². The first-order chi connectivity index (χ1) is 8.24. The molecule has 2 N–H and O–H groups in total. The first-order valence-electron chi connectivity index (χ1n) is 6.19. The van der Waals surface area contributed by atoms with Crippen LogP contribution in [0.5, 0.6) is 0 Å². The lowest BCUT2D eigenvalue weighted by atomic mass is 9.86. The van der Waals surface area contributed by atoms with Gasteiger partial charge in [-0.25, -0.2) is 8.42 Å². The number of hydrogen-bond acceptors (Lipinski definition) is 4. The summed E-state index contributed by atoms with van der Waals surface area (Å²) < 4.78 is 24.2. The van der Waals surface area contributed by atoms with E-state index in [9.17, 15) is 13.2 Å². The Labute approximate surface area is 109 Å². The number of amides is 1. The molecule has 0 aliphatic carbocycles. The molecule has 1 aliphatic rings. The number of piperazine rings is 1. The second kappa shape index (κ2) is 5.54. The second-order valence-corrected chi connectivity index (χ2v) is 7.06. The molecule has 0 aromatic rings. The monoisotopic (exact) mass is 277 g/mol. The first kappa shape index (κ1) is 15.4. The molecule has 0 aromatic carbocycles. The van der Waals surface area contributed by atoms with Crippen LogP contribution in [0.3, 0.4) is 0 Å². The van der Waals surface area contributed by atoms with Gasteiger partial charge in [0.1, 0.15) is 0 Å². The highest BCUT2D eigenvalue weighted by Gasteiger charge is 2.36. The van der Waals surface area contributed by atoms with E-state index in [4.69, 9.17) is 5.73 Å². The average molecular weight is 277 g/mol. The molecule has 0 bridgehead atoms. The van der Waals surface area contributed by atoms with E-state index in [-0.39, 0.29) is 5.91 Å². The molecule has 7 heteroatoms. The van der Waals surface area contributed by atoms with Gasteiger partial charge in [0.2, 0.25) is 15.9 Å². The van der Waals surface area contributed by atoms with Gasteiger partial charge in [-0.05, 0) is 13.3 Å². The number of nitrogens with zero attached hydrogens (tertiary/aromatic N) is 2. The summed E-state index contributed by atoms with van der Waals surface area (Å²) in [5.41, 5.74) is 5.13. The highest BCUT2D eigenvalue weighted by atomic mass is 32.2. The Hall–Kier alpha value is -0.660. The van der Waals surface area contributed by atoms with Gasteiger partial charge < -0.3 is 10.6 Å². The number of nitrogens with two attached hydrogens (primary N) is 1. The lowest BCUT2D eigenvalue weighted by Crippen LogP contribution is -2.54. The van der Waals surface area contributed by atoms with Crippen LogP contribution < -0.4 is 5.73 Å². The van der Waals surface area contributed by atoms with Crippen LogP contribution in [-0.2, 0) is 14.8 Å². The summed E-state index contributed by atoms with van der Waals surface area (Å²) in [7, 11) is -3.15. The lowest BCUT2D eigenvalue weighted by Gasteiger charge is -2.38. The summed E-state index contributed by atoms with van der Waals surface area (Å²) in [5.74, 6) is 0.0284. The summed E-state index contributed by atoms with van der Waals surface area (Å²) in [4.78, 5) is 14.0. The Balaban J connectivity index is 2.66. The molecule has 1 amide bonds. The molecule has 0 radical (unpaired) electrons. The maximum atomic E-state index is 12.3. The van der Waals surface area contributed by atoms with Crippen molar-refractivity contribution in [2.75, 3.05) is 39.0 Å². The van der Waals surface area contributed by atoms with Crippen molar-refractivity contribution in [3.63, 3.8) is 0 Å². The Morgan fingerprint density at radius 3 is 2.11 bits per heavy atom. The third kappa shape index (κ3) is 3.21. The van der Waals surface area contributed by atoms with Crippen LogP contribution in [0.25, 0.3) is 0 Å². The van der Waals surface area contributed by atoms with Gasteiger partial charge in [0, 0.05) is 32.7 Å². The predicted molar refractivity (Wildman–Crippen MR) is 70.4 cm³/mol. The molecular weight excluding hydrogens is 254 g/mol. The molecule has 1 fully saturated rings. The molecule has 0 saturated carbocycles. The van der Waals surface area contributed by atoms with Gasteiger partial charge in [0.05, 0.1) is 11.7 Å². The fourth-order valence-electron chi connectivity index (χ4n) is 1.99. The third-order valence-electron chi connectivity index (χ3n) is 3.74. The quantitative estimate of drug-likeness (QED) is 0.748.